The van der Waals surface area contributed by atoms with Crippen LogP contribution in [-0.4, -0.2) is 37.0 Å². The summed E-state index contributed by atoms with van der Waals surface area (Å²) in [5.41, 5.74) is 1.74. The summed E-state index contributed by atoms with van der Waals surface area (Å²) >= 11 is 12.2. The molecule has 0 aliphatic carbocycles. The predicted octanol–water partition coefficient (Wildman–Crippen LogP) is 4.84. The lowest BCUT2D eigenvalue weighted by Crippen LogP contribution is -2.16. The SMILES string of the molecule is COc1cc(CCC(=O)Nc2ccnn2Cc2ccc(Cl)cc2Cl)cc(OC)c1OC. The molecular formula is C22H23Cl2N3O4. The van der Waals surface area contributed by atoms with E-state index in [4.69, 9.17) is 37.4 Å². The Hall–Kier alpha value is -2.90. The van der Waals surface area contributed by atoms with E-state index >= 15 is 0 Å². The molecule has 2 aromatic carbocycles. The van der Waals surface area contributed by atoms with Gasteiger partial charge in [-0.25, -0.2) is 4.68 Å². The van der Waals surface area contributed by atoms with Crippen LogP contribution >= 0.6 is 23.2 Å². The summed E-state index contributed by atoms with van der Waals surface area (Å²) in [7, 11) is 4.66. The maximum Gasteiger partial charge on any atom is 0.225 e. The number of hydrogen-bond acceptors (Lipinski definition) is 5. The Labute approximate surface area is 190 Å². The van der Waals surface area contributed by atoms with Crippen molar-refractivity contribution in [1.82, 2.24) is 9.78 Å². The van der Waals surface area contributed by atoms with E-state index in [1.54, 1.807) is 50.4 Å². The third-order valence-corrected chi connectivity index (χ3v) is 5.27. The molecule has 3 rings (SSSR count). The second-order valence-electron chi connectivity index (χ2n) is 6.69. The van der Waals surface area contributed by atoms with Crippen LogP contribution in [0.2, 0.25) is 10.0 Å². The van der Waals surface area contributed by atoms with Crippen molar-refractivity contribution >= 4 is 34.9 Å². The number of halogens is 2. The lowest BCUT2D eigenvalue weighted by Gasteiger charge is -2.14. The second-order valence-corrected chi connectivity index (χ2v) is 7.54. The normalized spacial score (nSPS) is 10.6. The molecule has 0 spiro atoms. The van der Waals surface area contributed by atoms with Gasteiger partial charge in [-0.15, -0.1) is 0 Å². The van der Waals surface area contributed by atoms with Gasteiger partial charge < -0.3 is 19.5 Å². The standard InChI is InChI=1S/C22H23Cl2N3O4/c1-29-18-10-14(11-19(30-2)22(18)31-3)4-7-21(28)26-20-8-9-25-27(20)13-15-5-6-16(23)12-17(15)24/h5-6,8-12H,4,7,13H2,1-3H3,(H,26,28). The highest BCUT2D eigenvalue weighted by Crippen LogP contribution is 2.38. The second kappa shape index (κ2) is 10.4. The van der Waals surface area contributed by atoms with Gasteiger partial charge in [0.25, 0.3) is 0 Å². The molecule has 1 N–H and O–H groups in total. The molecule has 0 radical (unpaired) electrons. The first kappa shape index (κ1) is 22.8. The summed E-state index contributed by atoms with van der Waals surface area (Å²) in [6, 6.07) is 10.7. The molecule has 31 heavy (non-hydrogen) atoms. The van der Waals surface area contributed by atoms with Crippen LogP contribution in [-0.2, 0) is 17.8 Å². The number of ether oxygens (including phenoxy) is 3. The molecule has 0 unspecified atom stereocenters. The number of nitrogens with one attached hydrogen (secondary N) is 1. The topological polar surface area (TPSA) is 74.6 Å². The zero-order chi connectivity index (χ0) is 22.4. The van der Waals surface area contributed by atoms with E-state index in [0.29, 0.717) is 46.1 Å². The zero-order valence-corrected chi connectivity index (χ0v) is 19.0. The van der Waals surface area contributed by atoms with E-state index in [0.717, 1.165) is 11.1 Å². The van der Waals surface area contributed by atoms with Crippen LogP contribution in [0.1, 0.15) is 17.5 Å². The monoisotopic (exact) mass is 463 g/mol. The number of methoxy groups -OCH3 is 3. The van der Waals surface area contributed by atoms with Crippen LogP contribution in [0, 0.1) is 0 Å². The van der Waals surface area contributed by atoms with Crippen molar-refractivity contribution in [3.63, 3.8) is 0 Å². The predicted molar refractivity (Wildman–Crippen MR) is 121 cm³/mol. The molecule has 0 saturated carbocycles. The zero-order valence-electron chi connectivity index (χ0n) is 17.4. The number of carbonyl (C=O) groups excluding carboxylic acids is 1. The summed E-state index contributed by atoms with van der Waals surface area (Å²) in [5.74, 6) is 2.06. The molecule has 164 valence electrons. The van der Waals surface area contributed by atoms with Crippen LogP contribution in [0.5, 0.6) is 17.2 Å². The molecule has 3 aromatic rings. The summed E-state index contributed by atoms with van der Waals surface area (Å²) in [5, 5.41) is 8.28. The smallest absolute Gasteiger partial charge is 0.225 e. The van der Waals surface area contributed by atoms with E-state index in [1.807, 2.05) is 18.2 Å². The van der Waals surface area contributed by atoms with E-state index < -0.39 is 0 Å². The van der Waals surface area contributed by atoms with E-state index in [2.05, 4.69) is 10.4 Å². The maximum absolute atomic E-state index is 12.5. The minimum Gasteiger partial charge on any atom is -0.493 e. The van der Waals surface area contributed by atoms with Crippen LogP contribution in [0.4, 0.5) is 5.82 Å². The number of anilines is 1. The van der Waals surface area contributed by atoms with Gasteiger partial charge in [-0.05, 0) is 41.8 Å². The fraction of sp³-hybridized carbons (Fsp3) is 0.273. The molecule has 1 amide bonds. The maximum atomic E-state index is 12.5. The molecule has 0 aliphatic heterocycles. The third-order valence-electron chi connectivity index (χ3n) is 4.68. The molecule has 1 aromatic heterocycles. The van der Waals surface area contributed by atoms with E-state index in [-0.39, 0.29) is 12.3 Å². The number of aryl methyl sites for hydroxylation is 1. The van der Waals surface area contributed by atoms with Crippen LogP contribution in [0.25, 0.3) is 0 Å². The van der Waals surface area contributed by atoms with Crippen LogP contribution in [0.3, 0.4) is 0 Å². The van der Waals surface area contributed by atoms with Gasteiger partial charge in [0.1, 0.15) is 5.82 Å². The Balaban J connectivity index is 1.65. The highest BCUT2D eigenvalue weighted by molar-refractivity contribution is 6.35. The van der Waals surface area contributed by atoms with Crippen molar-refractivity contribution in [1.29, 1.82) is 0 Å². The minimum atomic E-state index is -0.141. The van der Waals surface area contributed by atoms with Crippen molar-refractivity contribution < 1.29 is 19.0 Å². The number of benzene rings is 2. The lowest BCUT2D eigenvalue weighted by atomic mass is 10.1. The first-order valence-corrected chi connectivity index (χ1v) is 10.2. The average molecular weight is 464 g/mol. The van der Waals surface area contributed by atoms with Gasteiger partial charge in [-0.1, -0.05) is 29.3 Å². The quantitative estimate of drug-likeness (QED) is 0.491. The number of nitrogens with zero attached hydrogens (tertiary/aromatic N) is 2. The van der Waals surface area contributed by atoms with Crippen molar-refractivity contribution in [2.24, 2.45) is 0 Å². The Morgan fingerprint density at radius 2 is 1.74 bits per heavy atom. The fourth-order valence-electron chi connectivity index (χ4n) is 3.12. The van der Waals surface area contributed by atoms with Crippen molar-refractivity contribution in [2.75, 3.05) is 26.6 Å². The molecule has 7 nitrogen and oxygen atoms in total. The van der Waals surface area contributed by atoms with Crippen molar-refractivity contribution in [2.45, 2.75) is 19.4 Å². The average Bonchev–Trinajstić information content (AvgIpc) is 3.19. The fourth-order valence-corrected chi connectivity index (χ4v) is 3.59. The molecule has 0 bridgehead atoms. The van der Waals surface area contributed by atoms with Crippen molar-refractivity contribution in [3.05, 3.63) is 63.8 Å². The highest BCUT2D eigenvalue weighted by Gasteiger charge is 2.15. The molecule has 0 atom stereocenters. The first-order chi connectivity index (χ1) is 14.9. The van der Waals surface area contributed by atoms with Crippen LogP contribution in [0.15, 0.2) is 42.6 Å². The molecule has 0 saturated heterocycles. The van der Waals surface area contributed by atoms with E-state index in [1.165, 1.54) is 0 Å². The molecular weight excluding hydrogens is 441 g/mol. The molecule has 9 heteroatoms. The summed E-state index contributed by atoms with van der Waals surface area (Å²) in [4.78, 5) is 12.5. The Morgan fingerprint density at radius 1 is 1.03 bits per heavy atom. The number of hydrogen-bond donors (Lipinski definition) is 1. The van der Waals surface area contributed by atoms with Crippen molar-refractivity contribution in [3.8, 4) is 17.2 Å². The Bertz CT molecular complexity index is 1040. The van der Waals surface area contributed by atoms with Gasteiger partial charge >= 0.3 is 0 Å². The van der Waals surface area contributed by atoms with Gasteiger partial charge in [0, 0.05) is 22.5 Å². The third kappa shape index (κ3) is 5.62. The number of rotatable bonds is 9. The molecule has 1 heterocycles. The van der Waals surface area contributed by atoms with Gasteiger partial charge in [0.2, 0.25) is 11.7 Å². The van der Waals surface area contributed by atoms with E-state index in [9.17, 15) is 4.79 Å². The summed E-state index contributed by atoms with van der Waals surface area (Å²) in [6.07, 6.45) is 2.39. The molecule has 0 aliphatic rings. The van der Waals surface area contributed by atoms with Gasteiger partial charge in [-0.3, -0.25) is 4.79 Å². The molecule has 0 fully saturated rings. The Morgan fingerprint density at radius 3 is 2.35 bits per heavy atom. The van der Waals surface area contributed by atoms with Crippen LogP contribution < -0.4 is 19.5 Å². The number of carbonyl (C=O) groups is 1. The number of amides is 1. The number of aromatic nitrogens is 2. The van der Waals surface area contributed by atoms with Gasteiger partial charge in [-0.2, -0.15) is 5.10 Å². The summed E-state index contributed by atoms with van der Waals surface area (Å²) < 4.78 is 17.7. The first-order valence-electron chi connectivity index (χ1n) is 9.49. The highest BCUT2D eigenvalue weighted by atomic mass is 35.5. The summed E-state index contributed by atoms with van der Waals surface area (Å²) in [6.45, 7) is 0.408. The lowest BCUT2D eigenvalue weighted by molar-refractivity contribution is -0.116. The van der Waals surface area contributed by atoms with Gasteiger partial charge in [0.05, 0.1) is 34.1 Å². The largest absolute Gasteiger partial charge is 0.493 e. The van der Waals surface area contributed by atoms with Gasteiger partial charge in [0.15, 0.2) is 11.5 Å². The minimum absolute atomic E-state index is 0.141. The Kier molecular flexibility index (Phi) is 7.65.